The second-order valence-electron chi connectivity index (χ2n) is 6.57. The SMILES string of the molecule is O=C1NCCCC12CCN(S(=O)(=O)c1ccc(C(F)(F)F)cc1)CC2. The molecule has 0 radical (unpaired) electrons. The third-order valence-electron chi connectivity index (χ3n) is 5.10. The summed E-state index contributed by atoms with van der Waals surface area (Å²) in [4.78, 5) is 12.0. The highest BCUT2D eigenvalue weighted by atomic mass is 32.2. The molecule has 1 N–H and O–H groups in total. The fourth-order valence-corrected chi connectivity index (χ4v) is 4.97. The largest absolute Gasteiger partial charge is 0.416 e. The van der Waals surface area contributed by atoms with Gasteiger partial charge in [0.25, 0.3) is 0 Å². The van der Waals surface area contributed by atoms with E-state index < -0.39 is 27.2 Å². The third-order valence-corrected chi connectivity index (χ3v) is 7.01. The summed E-state index contributed by atoms with van der Waals surface area (Å²) >= 11 is 0. The van der Waals surface area contributed by atoms with Crippen molar-refractivity contribution in [3.05, 3.63) is 29.8 Å². The van der Waals surface area contributed by atoms with Crippen LogP contribution in [-0.2, 0) is 21.0 Å². The molecule has 0 bridgehead atoms. The molecular weight excluding hydrogens is 357 g/mol. The number of nitrogens with one attached hydrogen (secondary N) is 1. The minimum absolute atomic E-state index is 0.0228. The van der Waals surface area contributed by atoms with E-state index in [1.165, 1.54) is 4.31 Å². The molecule has 2 heterocycles. The first-order chi connectivity index (χ1) is 11.7. The van der Waals surface area contributed by atoms with Gasteiger partial charge in [-0.15, -0.1) is 0 Å². The Hall–Kier alpha value is -1.61. The van der Waals surface area contributed by atoms with Gasteiger partial charge in [-0.1, -0.05) is 0 Å². The highest BCUT2D eigenvalue weighted by molar-refractivity contribution is 7.89. The Morgan fingerprint density at radius 1 is 1.04 bits per heavy atom. The predicted octanol–water partition coefficient (Wildman–Crippen LogP) is 2.39. The van der Waals surface area contributed by atoms with Crippen LogP contribution in [0.1, 0.15) is 31.2 Å². The molecule has 1 aromatic carbocycles. The molecule has 25 heavy (non-hydrogen) atoms. The number of piperidine rings is 2. The normalized spacial score (nSPS) is 22.0. The van der Waals surface area contributed by atoms with Crippen molar-refractivity contribution in [2.75, 3.05) is 19.6 Å². The molecule has 138 valence electrons. The molecular formula is C16H19F3N2O3S. The second-order valence-corrected chi connectivity index (χ2v) is 8.50. The number of rotatable bonds is 2. The van der Waals surface area contributed by atoms with E-state index in [9.17, 15) is 26.4 Å². The van der Waals surface area contributed by atoms with E-state index in [-0.39, 0.29) is 23.9 Å². The highest BCUT2D eigenvalue weighted by Crippen LogP contribution is 2.39. The average molecular weight is 376 g/mol. The number of halogens is 3. The zero-order valence-electron chi connectivity index (χ0n) is 13.5. The summed E-state index contributed by atoms with van der Waals surface area (Å²) in [5.74, 6) is -0.0228. The van der Waals surface area contributed by atoms with Crippen LogP contribution in [0.15, 0.2) is 29.2 Å². The second kappa shape index (κ2) is 6.28. The van der Waals surface area contributed by atoms with Crippen molar-refractivity contribution in [2.24, 2.45) is 5.41 Å². The Morgan fingerprint density at radius 2 is 1.64 bits per heavy atom. The molecule has 2 saturated heterocycles. The maximum atomic E-state index is 12.6. The zero-order chi connectivity index (χ0) is 18.3. The molecule has 0 aliphatic carbocycles. The van der Waals surface area contributed by atoms with Gasteiger partial charge in [-0.3, -0.25) is 4.79 Å². The van der Waals surface area contributed by atoms with Gasteiger partial charge in [-0.05, 0) is 49.9 Å². The Bertz CT molecular complexity index is 752. The van der Waals surface area contributed by atoms with E-state index in [1.807, 2.05) is 0 Å². The first-order valence-electron chi connectivity index (χ1n) is 8.11. The van der Waals surface area contributed by atoms with Crippen LogP contribution in [0, 0.1) is 5.41 Å². The van der Waals surface area contributed by atoms with Crippen molar-refractivity contribution < 1.29 is 26.4 Å². The summed E-state index contributed by atoms with van der Waals surface area (Å²) in [7, 11) is -3.86. The van der Waals surface area contributed by atoms with Gasteiger partial charge in [-0.2, -0.15) is 17.5 Å². The van der Waals surface area contributed by atoms with Gasteiger partial charge in [0.15, 0.2) is 0 Å². The number of sulfonamides is 1. The van der Waals surface area contributed by atoms with Gasteiger partial charge in [0.1, 0.15) is 0 Å². The molecule has 2 aliphatic heterocycles. The molecule has 0 unspecified atom stereocenters. The van der Waals surface area contributed by atoms with Gasteiger partial charge in [0.2, 0.25) is 15.9 Å². The molecule has 2 fully saturated rings. The number of alkyl halides is 3. The molecule has 1 spiro atoms. The molecule has 0 atom stereocenters. The fraction of sp³-hybridized carbons (Fsp3) is 0.562. The van der Waals surface area contributed by atoms with Crippen molar-refractivity contribution in [1.29, 1.82) is 0 Å². The lowest BCUT2D eigenvalue weighted by Crippen LogP contribution is -2.52. The van der Waals surface area contributed by atoms with Crippen LogP contribution in [0.2, 0.25) is 0 Å². The van der Waals surface area contributed by atoms with E-state index in [2.05, 4.69) is 5.32 Å². The van der Waals surface area contributed by atoms with E-state index in [0.29, 0.717) is 19.4 Å². The summed E-state index contributed by atoms with van der Waals surface area (Å²) in [5.41, 5.74) is -1.40. The van der Waals surface area contributed by atoms with E-state index in [0.717, 1.165) is 37.1 Å². The number of amides is 1. The maximum absolute atomic E-state index is 12.6. The van der Waals surface area contributed by atoms with Gasteiger partial charge in [0.05, 0.1) is 15.9 Å². The Morgan fingerprint density at radius 3 is 2.16 bits per heavy atom. The van der Waals surface area contributed by atoms with Crippen LogP contribution < -0.4 is 5.32 Å². The molecule has 3 rings (SSSR count). The number of carbonyl (C=O) groups excluding carboxylic acids is 1. The van der Waals surface area contributed by atoms with E-state index >= 15 is 0 Å². The van der Waals surface area contributed by atoms with Crippen molar-refractivity contribution in [2.45, 2.75) is 36.8 Å². The van der Waals surface area contributed by atoms with Crippen molar-refractivity contribution in [3.63, 3.8) is 0 Å². The number of hydrogen-bond acceptors (Lipinski definition) is 3. The van der Waals surface area contributed by atoms with E-state index in [4.69, 9.17) is 0 Å². The number of benzene rings is 1. The lowest BCUT2D eigenvalue weighted by molar-refractivity contribution is -0.137. The first kappa shape index (κ1) is 18.2. The van der Waals surface area contributed by atoms with Crippen LogP contribution in [0.3, 0.4) is 0 Å². The standard InChI is InChI=1S/C16H19F3N2O3S/c17-16(18,19)12-2-4-13(5-3-12)25(23,24)21-10-7-15(8-11-21)6-1-9-20-14(15)22/h2-5H,1,6-11H2,(H,20,22). The number of carbonyl (C=O) groups is 1. The number of nitrogens with zero attached hydrogens (tertiary/aromatic N) is 1. The predicted molar refractivity (Wildman–Crippen MR) is 84.1 cm³/mol. The lowest BCUT2D eigenvalue weighted by atomic mass is 9.73. The molecule has 1 aromatic rings. The van der Waals surface area contributed by atoms with Crippen LogP contribution in [0.25, 0.3) is 0 Å². The molecule has 1 amide bonds. The van der Waals surface area contributed by atoms with Gasteiger partial charge in [0, 0.05) is 19.6 Å². The molecule has 9 heteroatoms. The summed E-state index contributed by atoms with van der Waals surface area (Å²) in [5, 5.41) is 2.83. The smallest absolute Gasteiger partial charge is 0.356 e. The fourth-order valence-electron chi connectivity index (χ4n) is 3.53. The maximum Gasteiger partial charge on any atom is 0.416 e. The summed E-state index contributed by atoms with van der Waals surface area (Å²) in [6.45, 7) is 1.03. The lowest BCUT2D eigenvalue weighted by Gasteiger charge is -2.42. The Labute approximate surface area is 144 Å². The van der Waals surface area contributed by atoms with Crippen molar-refractivity contribution >= 4 is 15.9 Å². The molecule has 0 saturated carbocycles. The molecule has 5 nitrogen and oxygen atoms in total. The Kier molecular flexibility index (Phi) is 4.57. The topological polar surface area (TPSA) is 66.5 Å². The quantitative estimate of drug-likeness (QED) is 0.862. The van der Waals surface area contributed by atoms with Crippen LogP contribution in [0.5, 0.6) is 0 Å². The minimum Gasteiger partial charge on any atom is -0.356 e. The van der Waals surface area contributed by atoms with Gasteiger partial charge >= 0.3 is 6.18 Å². The van der Waals surface area contributed by atoms with Crippen molar-refractivity contribution in [1.82, 2.24) is 9.62 Å². The zero-order valence-corrected chi connectivity index (χ0v) is 14.3. The monoisotopic (exact) mass is 376 g/mol. The summed E-state index contributed by atoms with van der Waals surface area (Å²) in [6.07, 6.45) is -2.03. The average Bonchev–Trinajstić information content (AvgIpc) is 2.57. The Balaban J connectivity index is 1.75. The van der Waals surface area contributed by atoms with Crippen LogP contribution >= 0.6 is 0 Å². The van der Waals surface area contributed by atoms with Crippen LogP contribution in [-0.4, -0.2) is 38.3 Å². The number of hydrogen-bond donors (Lipinski definition) is 1. The van der Waals surface area contributed by atoms with Gasteiger partial charge < -0.3 is 5.32 Å². The highest BCUT2D eigenvalue weighted by Gasteiger charge is 2.44. The van der Waals surface area contributed by atoms with Crippen molar-refractivity contribution in [3.8, 4) is 0 Å². The molecule has 2 aliphatic rings. The minimum atomic E-state index is -4.51. The van der Waals surface area contributed by atoms with Crippen LogP contribution in [0.4, 0.5) is 13.2 Å². The van der Waals surface area contributed by atoms with E-state index in [1.54, 1.807) is 0 Å². The summed E-state index contributed by atoms with van der Waals surface area (Å²) in [6, 6.07) is 3.51. The third kappa shape index (κ3) is 3.39. The summed E-state index contributed by atoms with van der Waals surface area (Å²) < 4.78 is 64.4. The first-order valence-corrected chi connectivity index (χ1v) is 9.55. The van der Waals surface area contributed by atoms with Gasteiger partial charge in [-0.25, -0.2) is 8.42 Å². The molecule has 0 aromatic heterocycles.